The third-order valence-electron chi connectivity index (χ3n) is 5.11. The molecule has 0 unspecified atom stereocenters. The van der Waals surface area contributed by atoms with E-state index in [1.807, 2.05) is 18.2 Å². The van der Waals surface area contributed by atoms with Crippen molar-refractivity contribution in [3.8, 4) is 0 Å². The van der Waals surface area contributed by atoms with Crippen LogP contribution in [0.15, 0.2) is 48.5 Å². The van der Waals surface area contributed by atoms with Crippen molar-refractivity contribution < 1.29 is 4.39 Å². The van der Waals surface area contributed by atoms with Gasteiger partial charge in [0.1, 0.15) is 5.82 Å². The highest BCUT2D eigenvalue weighted by molar-refractivity contribution is 5.79. The van der Waals surface area contributed by atoms with Gasteiger partial charge in [0.2, 0.25) is 5.95 Å². The van der Waals surface area contributed by atoms with Crippen LogP contribution in [0.2, 0.25) is 0 Å². The number of imidazole rings is 1. The first-order valence-corrected chi connectivity index (χ1v) is 9.34. The number of aromatic nitrogens is 2. The lowest BCUT2D eigenvalue weighted by Gasteiger charge is -2.29. The number of hydrogen-bond acceptors (Lipinski definition) is 3. The van der Waals surface area contributed by atoms with Crippen molar-refractivity contribution in [3.05, 3.63) is 59.9 Å². The van der Waals surface area contributed by atoms with Crippen LogP contribution in [-0.4, -0.2) is 47.7 Å². The van der Waals surface area contributed by atoms with Gasteiger partial charge in [-0.1, -0.05) is 24.3 Å². The summed E-state index contributed by atoms with van der Waals surface area (Å²) in [5.74, 6) is 0.831. The summed E-state index contributed by atoms with van der Waals surface area (Å²) in [7, 11) is 2.19. The summed E-state index contributed by atoms with van der Waals surface area (Å²) in [4.78, 5) is 9.76. The van der Waals surface area contributed by atoms with Crippen molar-refractivity contribution >= 4 is 17.0 Å². The highest BCUT2D eigenvalue weighted by Gasteiger charge is 2.19. The molecule has 1 fully saturated rings. The Morgan fingerprint density at radius 3 is 2.35 bits per heavy atom. The summed E-state index contributed by atoms with van der Waals surface area (Å²) in [6, 6.07) is 15.0. The van der Waals surface area contributed by atoms with Gasteiger partial charge in [-0.05, 0) is 62.8 Å². The summed E-state index contributed by atoms with van der Waals surface area (Å²) in [6.45, 7) is 4.96. The van der Waals surface area contributed by atoms with Crippen molar-refractivity contribution in [1.29, 1.82) is 0 Å². The van der Waals surface area contributed by atoms with E-state index in [9.17, 15) is 4.39 Å². The molecule has 1 saturated heterocycles. The zero-order valence-corrected chi connectivity index (χ0v) is 15.2. The lowest BCUT2D eigenvalue weighted by atomic mass is 10.2. The zero-order chi connectivity index (χ0) is 17.9. The maximum atomic E-state index is 13.3. The van der Waals surface area contributed by atoms with Gasteiger partial charge in [0.05, 0.1) is 17.6 Å². The molecule has 0 saturated carbocycles. The molecule has 0 amide bonds. The topological polar surface area (TPSA) is 24.3 Å². The molecule has 0 N–H and O–H groups in total. The van der Waals surface area contributed by atoms with E-state index in [0.717, 1.165) is 61.6 Å². The van der Waals surface area contributed by atoms with Crippen molar-refractivity contribution in [1.82, 2.24) is 14.5 Å². The summed E-state index contributed by atoms with van der Waals surface area (Å²) in [5, 5.41) is 0. The Kier molecular flexibility index (Phi) is 4.89. The Morgan fingerprint density at radius 1 is 0.923 bits per heavy atom. The molecule has 1 aliphatic heterocycles. The van der Waals surface area contributed by atoms with E-state index >= 15 is 0 Å². The van der Waals surface area contributed by atoms with E-state index in [2.05, 4.69) is 39.6 Å². The van der Waals surface area contributed by atoms with Gasteiger partial charge in [-0.25, -0.2) is 9.37 Å². The van der Waals surface area contributed by atoms with E-state index in [1.54, 1.807) is 0 Å². The number of nitrogens with zero attached hydrogens (tertiary/aromatic N) is 4. The van der Waals surface area contributed by atoms with Crippen LogP contribution in [0.3, 0.4) is 0 Å². The van der Waals surface area contributed by atoms with E-state index in [-0.39, 0.29) is 5.82 Å². The molecule has 0 bridgehead atoms. The number of benzene rings is 2. The second-order valence-electron chi connectivity index (χ2n) is 7.11. The molecule has 2 aromatic carbocycles. The Bertz CT molecular complexity index is 861. The maximum absolute atomic E-state index is 13.3. The van der Waals surface area contributed by atoms with Gasteiger partial charge in [-0.3, -0.25) is 0 Å². The number of anilines is 1. The highest BCUT2D eigenvalue weighted by atomic mass is 19.1. The van der Waals surface area contributed by atoms with Crippen molar-refractivity contribution in [2.75, 3.05) is 38.1 Å². The average molecular weight is 352 g/mol. The summed E-state index contributed by atoms with van der Waals surface area (Å²) in [6.07, 6.45) is 2.27. The minimum atomic E-state index is -0.197. The molecule has 1 aromatic heterocycles. The Balaban J connectivity index is 1.70. The molecular weight excluding hydrogens is 327 g/mol. The van der Waals surface area contributed by atoms with Gasteiger partial charge in [0.15, 0.2) is 0 Å². The van der Waals surface area contributed by atoms with Gasteiger partial charge in [0, 0.05) is 13.1 Å². The van der Waals surface area contributed by atoms with E-state index in [4.69, 9.17) is 4.98 Å². The number of halogens is 1. The van der Waals surface area contributed by atoms with Crippen LogP contribution in [0, 0.1) is 5.82 Å². The van der Waals surface area contributed by atoms with Gasteiger partial charge in [-0.2, -0.15) is 0 Å². The van der Waals surface area contributed by atoms with E-state index in [1.165, 1.54) is 12.1 Å². The fourth-order valence-corrected chi connectivity index (χ4v) is 3.72. The van der Waals surface area contributed by atoms with Gasteiger partial charge in [0.25, 0.3) is 0 Å². The van der Waals surface area contributed by atoms with Crippen LogP contribution in [0.4, 0.5) is 10.3 Å². The molecule has 0 aliphatic carbocycles. The van der Waals surface area contributed by atoms with Gasteiger partial charge < -0.3 is 14.4 Å². The molecule has 4 rings (SSSR count). The van der Waals surface area contributed by atoms with Crippen LogP contribution in [0.1, 0.15) is 18.4 Å². The predicted octanol–water partition coefficient (Wildman–Crippen LogP) is 3.76. The predicted molar refractivity (Wildman–Crippen MR) is 104 cm³/mol. The SMILES string of the molecule is CN1CCCN(c2nc3ccccc3n2Cc2ccc(F)cc2)CCC1. The number of fused-ring (bicyclic) bond motifs is 1. The molecule has 2 heterocycles. The molecule has 0 spiro atoms. The first kappa shape index (κ1) is 17.0. The fourth-order valence-electron chi connectivity index (χ4n) is 3.72. The highest BCUT2D eigenvalue weighted by Crippen LogP contribution is 2.25. The quantitative estimate of drug-likeness (QED) is 0.717. The van der Waals surface area contributed by atoms with Gasteiger partial charge in [-0.15, -0.1) is 0 Å². The molecule has 26 heavy (non-hydrogen) atoms. The van der Waals surface area contributed by atoms with Crippen molar-refractivity contribution in [2.45, 2.75) is 19.4 Å². The third kappa shape index (κ3) is 3.58. The third-order valence-corrected chi connectivity index (χ3v) is 5.11. The van der Waals surface area contributed by atoms with Crippen LogP contribution < -0.4 is 4.90 Å². The molecule has 3 aromatic rings. The molecule has 5 heteroatoms. The minimum Gasteiger partial charge on any atom is -0.342 e. The first-order chi connectivity index (χ1) is 12.7. The largest absolute Gasteiger partial charge is 0.342 e. The fraction of sp³-hybridized carbons (Fsp3) is 0.381. The second kappa shape index (κ2) is 7.46. The Hall–Kier alpha value is -2.40. The zero-order valence-electron chi connectivity index (χ0n) is 15.2. The molecule has 1 aliphatic rings. The Morgan fingerprint density at radius 2 is 1.62 bits per heavy atom. The molecule has 0 radical (unpaired) electrons. The van der Waals surface area contributed by atoms with E-state index in [0.29, 0.717) is 6.54 Å². The molecule has 4 nitrogen and oxygen atoms in total. The summed E-state index contributed by atoms with van der Waals surface area (Å²) < 4.78 is 15.5. The van der Waals surface area contributed by atoms with Crippen molar-refractivity contribution in [2.24, 2.45) is 0 Å². The minimum absolute atomic E-state index is 0.197. The van der Waals surface area contributed by atoms with Crippen LogP contribution in [0.25, 0.3) is 11.0 Å². The molecule has 0 atom stereocenters. The monoisotopic (exact) mass is 352 g/mol. The Labute approximate surface area is 153 Å². The lowest BCUT2D eigenvalue weighted by molar-refractivity contribution is 0.312. The van der Waals surface area contributed by atoms with E-state index < -0.39 is 0 Å². The van der Waals surface area contributed by atoms with Crippen LogP contribution in [0.5, 0.6) is 0 Å². The van der Waals surface area contributed by atoms with Crippen LogP contribution >= 0.6 is 0 Å². The van der Waals surface area contributed by atoms with Gasteiger partial charge >= 0.3 is 0 Å². The number of hydrogen-bond donors (Lipinski definition) is 0. The molecular formula is C21H25FN4. The summed E-state index contributed by atoms with van der Waals surface area (Å²) >= 11 is 0. The second-order valence-corrected chi connectivity index (χ2v) is 7.11. The number of rotatable bonds is 3. The lowest BCUT2D eigenvalue weighted by Crippen LogP contribution is -2.36. The molecule has 136 valence electrons. The first-order valence-electron chi connectivity index (χ1n) is 9.34. The normalized spacial score (nSPS) is 16.6. The smallest absolute Gasteiger partial charge is 0.206 e. The number of para-hydroxylation sites is 2. The summed E-state index contributed by atoms with van der Waals surface area (Å²) in [5.41, 5.74) is 3.23. The standard InChI is InChI=1S/C21H25FN4/c1-24-12-4-14-25(15-5-13-24)21-23-19-6-2-3-7-20(19)26(21)16-17-8-10-18(22)11-9-17/h2-3,6-11H,4-5,12-16H2,1H3. The maximum Gasteiger partial charge on any atom is 0.206 e. The van der Waals surface area contributed by atoms with Crippen molar-refractivity contribution in [3.63, 3.8) is 0 Å². The average Bonchev–Trinajstić information content (AvgIpc) is 2.98. The van der Waals surface area contributed by atoms with Crippen LogP contribution in [-0.2, 0) is 6.54 Å².